The third-order valence-electron chi connectivity index (χ3n) is 7.07. The highest BCUT2D eigenvalue weighted by molar-refractivity contribution is 7.89. The van der Waals surface area contributed by atoms with Gasteiger partial charge >= 0.3 is 18.0 Å². The van der Waals surface area contributed by atoms with E-state index in [2.05, 4.69) is 5.32 Å². The van der Waals surface area contributed by atoms with E-state index in [4.69, 9.17) is 14.2 Å². The van der Waals surface area contributed by atoms with Crippen LogP contribution < -0.4 is 10.1 Å². The topological polar surface area (TPSA) is 149 Å². The number of carboxylic acids is 1. The van der Waals surface area contributed by atoms with Gasteiger partial charge in [-0.3, -0.25) is 4.79 Å². The highest BCUT2D eigenvalue weighted by atomic mass is 32.2. The van der Waals surface area contributed by atoms with Crippen LogP contribution in [0.25, 0.3) is 0 Å². The average molecular weight is 661 g/mol. The van der Waals surface area contributed by atoms with E-state index in [1.807, 2.05) is 0 Å². The van der Waals surface area contributed by atoms with Crippen molar-refractivity contribution in [3.63, 3.8) is 0 Å². The molecule has 2 N–H and O–H groups in total. The molecule has 11 nitrogen and oxygen atoms in total. The van der Waals surface area contributed by atoms with Crippen LogP contribution in [0.5, 0.6) is 5.75 Å². The summed E-state index contributed by atoms with van der Waals surface area (Å²) in [6, 6.07) is 14.8. The number of carboxylic acid groups (broad SMARTS) is 1. The predicted molar refractivity (Wildman–Crippen MR) is 160 cm³/mol. The number of nitrogens with zero attached hydrogens (tertiary/aromatic N) is 1. The number of halogens is 2. The average Bonchev–Trinajstić information content (AvgIpc) is 2.94. The maximum atomic E-state index is 13.9. The zero-order chi connectivity index (χ0) is 33.9. The molecule has 1 unspecified atom stereocenters. The van der Waals surface area contributed by atoms with Gasteiger partial charge in [0.05, 0.1) is 23.4 Å². The number of alkyl carbamates (subject to hydrolysis) is 1. The first-order valence-corrected chi connectivity index (χ1v) is 15.6. The molecular formula is C32H34F2N2O9S. The Hall–Kier alpha value is -4.56. The van der Waals surface area contributed by atoms with E-state index in [9.17, 15) is 36.7 Å². The number of nitrogens with one attached hydrogen (secondary N) is 1. The van der Waals surface area contributed by atoms with Crippen LogP contribution in [0.15, 0.2) is 77.7 Å². The Kier molecular flexibility index (Phi) is 10.0. The first-order chi connectivity index (χ1) is 21.5. The third-order valence-corrected chi connectivity index (χ3v) is 8.86. The normalized spacial score (nSPS) is 16.0. The van der Waals surface area contributed by atoms with Gasteiger partial charge in [0.1, 0.15) is 23.4 Å². The number of aliphatic carboxylic acids is 1. The maximum absolute atomic E-state index is 13.9. The molecule has 0 radical (unpaired) electrons. The lowest BCUT2D eigenvalue weighted by molar-refractivity contribution is -0.174. The highest BCUT2D eigenvalue weighted by Crippen LogP contribution is 2.40. The van der Waals surface area contributed by atoms with Gasteiger partial charge < -0.3 is 24.6 Å². The van der Waals surface area contributed by atoms with Crippen LogP contribution in [0.1, 0.15) is 38.8 Å². The zero-order valence-electron chi connectivity index (χ0n) is 25.5. The first-order valence-electron chi connectivity index (χ1n) is 14.2. The molecule has 0 aliphatic carbocycles. The molecule has 1 amide bonds. The number of sulfonamides is 1. The van der Waals surface area contributed by atoms with Crippen LogP contribution in [0.2, 0.25) is 0 Å². The Bertz CT molecular complexity index is 1700. The van der Waals surface area contributed by atoms with Gasteiger partial charge in [-0.05, 0) is 68.3 Å². The Labute approximate surface area is 265 Å². The summed E-state index contributed by atoms with van der Waals surface area (Å²) in [6.45, 7) is 5.79. The van der Waals surface area contributed by atoms with Gasteiger partial charge in [0.25, 0.3) is 0 Å². The van der Waals surface area contributed by atoms with E-state index in [0.717, 1.165) is 10.4 Å². The van der Waals surface area contributed by atoms with Crippen molar-refractivity contribution in [2.24, 2.45) is 5.41 Å². The summed E-state index contributed by atoms with van der Waals surface area (Å²) in [5.74, 6) is -2.92. The van der Waals surface area contributed by atoms with E-state index < -0.39 is 63.0 Å². The molecule has 0 saturated carbocycles. The summed E-state index contributed by atoms with van der Waals surface area (Å²) >= 11 is 0. The molecule has 3 aromatic rings. The predicted octanol–water partition coefficient (Wildman–Crippen LogP) is 4.60. The molecule has 1 saturated heterocycles. The molecule has 0 spiro atoms. The zero-order valence-corrected chi connectivity index (χ0v) is 26.3. The number of amides is 1. The molecule has 1 aliphatic rings. The van der Waals surface area contributed by atoms with Crippen LogP contribution >= 0.6 is 0 Å². The van der Waals surface area contributed by atoms with Crippen molar-refractivity contribution in [2.45, 2.75) is 56.9 Å². The van der Waals surface area contributed by atoms with E-state index in [0.29, 0.717) is 5.56 Å². The number of carbonyl (C=O) groups excluding carboxylic acids is 2. The second-order valence-electron chi connectivity index (χ2n) is 11.8. The Morgan fingerprint density at radius 1 is 0.957 bits per heavy atom. The second-order valence-corrected chi connectivity index (χ2v) is 13.8. The lowest BCUT2D eigenvalue weighted by Gasteiger charge is -2.48. The maximum Gasteiger partial charge on any atom is 0.410 e. The molecule has 2 atom stereocenters. The van der Waals surface area contributed by atoms with Crippen LogP contribution in [0, 0.1) is 17.0 Å². The number of carbonyl (C=O) groups is 3. The molecule has 1 aliphatic heterocycles. The fourth-order valence-corrected chi connectivity index (χ4v) is 6.21. The van der Waals surface area contributed by atoms with Gasteiger partial charge in [0.2, 0.25) is 16.3 Å². The molecule has 246 valence electrons. The SMILES string of the molecule is C[C@@H](OC(=O)NC(Cc1cccc(S(=O)(=O)N2CC(Oc3cccc(F)c3)(c3ccc(F)cc3)C2)c1)C(=O)O)OC(=O)C(C)(C)C. The van der Waals surface area contributed by atoms with E-state index in [-0.39, 0.29) is 35.7 Å². The summed E-state index contributed by atoms with van der Waals surface area (Å²) in [4.78, 5) is 36.2. The number of hydrogen-bond donors (Lipinski definition) is 2. The number of hydrogen-bond acceptors (Lipinski definition) is 8. The van der Waals surface area contributed by atoms with Crippen molar-refractivity contribution < 1.29 is 50.9 Å². The Balaban J connectivity index is 1.47. The van der Waals surface area contributed by atoms with Gasteiger partial charge in [0.15, 0.2) is 5.60 Å². The highest BCUT2D eigenvalue weighted by Gasteiger charge is 2.52. The van der Waals surface area contributed by atoms with Crippen LogP contribution in [-0.4, -0.2) is 61.3 Å². The third kappa shape index (κ3) is 8.17. The minimum atomic E-state index is -4.13. The van der Waals surface area contributed by atoms with Crippen LogP contribution in [0.3, 0.4) is 0 Å². The monoisotopic (exact) mass is 660 g/mol. The fourth-order valence-electron chi connectivity index (χ4n) is 4.61. The molecule has 0 aromatic heterocycles. The summed E-state index contributed by atoms with van der Waals surface area (Å²) in [6.07, 6.45) is -2.74. The quantitative estimate of drug-likeness (QED) is 0.222. The van der Waals surface area contributed by atoms with Crippen molar-refractivity contribution >= 4 is 28.1 Å². The molecule has 3 aromatic carbocycles. The molecule has 46 heavy (non-hydrogen) atoms. The number of benzene rings is 3. The largest absolute Gasteiger partial charge is 0.480 e. The van der Waals surface area contributed by atoms with Gasteiger partial charge in [-0.2, -0.15) is 4.31 Å². The van der Waals surface area contributed by atoms with Gasteiger partial charge in [-0.25, -0.2) is 26.8 Å². The first kappa shape index (κ1) is 34.3. The van der Waals surface area contributed by atoms with Gasteiger partial charge in [-0.15, -0.1) is 0 Å². The fraction of sp³-hybridized carbons (Fsp3) is 0.344. The van der Waals surface area contributed by atoms with E-state index in [1.165, 1.54) is 73.7 Å². The molecule has 1 fully saturated rings. The molecular weight excluding hydrogens is 626 g/mol. The van der Waals surface area contributed by atoms with Crippen molar-refractivity contribution in [1.82, 2.24) is 9.62 Å². The summed E-state index contributed by atoms with van der Waals surface area (Å²) in [5, 5.41) is 11.9. The summed E-state index contributed by atoms with van der Waals surface area (Å²) in [7, 11) is -4.13. The second kappa shape index (κ2) is 13.4. The van der Waals surface area contributed by atoms with Crippen molar-refractivity contribution in [3.05, 3.63) is 95.6 Å². The van der Waals surface area contributed by atoms with Crippen molar-refractivity contribution in [2.75, 3.05) is 13.1 Å². The van der Waals surface area contributed by atoms with Crippen LogP contribution in [-0.2, 0) is 41.1 Å². The number of esters is 1. The van der Waals surface area contributed by atoms with Gasteiger partial charge in [-0.1, -0.05) is 30.3 Å². The lowest BCUT2D eigenvalue weighted by Crippen LogP contribution is -2.64. The minimum absolute atomic E-state index is 0.141. The standard InChI is InChI=1S/C32H34F2N2O9S/c1-20(43-29(39)31(2,3)4)44-30(40)35-27(28(37)38)16-21-7-5-10-26(15-21)46(41,42)36-18-32(19-36,22-11-13-23(33)14-12-22)45-25-9-6-8-24(34)17-25/h5-15,17,20,27H,16,18-19H2,1-4H3,(H,35,40)(H,37,38)/t20-,27?/m1/s1. The van der Waals surface area contributed by atoms with E-state index >= 15 is 0 Å². The minimum Gasteiger partial charge on any atom is -0.480 e. The number of rotatable bonds is 11. The molecule has 0 bridgehead atoms. The van der Waals surface area contributed by atoms with E-state index in [1.54, 1.807) is 20.8 Å². The van der Waals surface area contributed by atoms with Crippen LogP contribution in [0.4, 0.5) is 13.6 Å². The van der Waals surface area contributed by atoms with Crippen molar-refractivity contribution in [3.8, 4) is 5.75 Å². The number of ether oxygens (including phenoxy) is 3. The smallest absolute Gasteiger partial charge is 0.410 e. The Morgan fingerprint density at radius 3 is 2.22 bits per heavy atom. The van der Waals surface area contributed by atoms with Gasteiger partial charge in [0, 0.05) is 19.4 Å². The van der Waals surface area contributed by atoms with Crippen molar-refractivity contribution in [1.29, 1.82) is 0 Å². The summed E-state index contributed by atoms with van der Waals surface area (Å²) < 4.78 is 72.0. The Morgan fingerprint density at radius 2 is 1.61 bits per heavy atom. The summed E-state index contributed by atoms with van der Waals surface area (Å²) in [5.41, 5.74) is -1.32. The molecule has 1 heterocycles. The molecule has 14 heteroatoms. The lowest BCUT2D eigenvalue weighted by atomic mass is 9.87. The molecule has 4 rings (SSSR count).